The van der Waals surface area contributed by atoms with Crippen molar-refractivity contribution in [1.29, 1.82) is 0 Å². The van der Waals surface area contributed by atoms with E-state index in [0.29, 0.717) is 13.0 Å². The monoisotopic (exact) mass is 235 g/mol. The van der Waals surface area contributed by atoms with Crippen LogP contribution in [0.1, 0.15) is 37.6 Å². The van der Waals surface area contributed by atoms with E-state index in [1.165, 1.54) is 0 Å². The molecule has 0 aliphatic rings. The zero-order chi connectivity index (χ0) is 12.7. The predicted octanol–water partition coefficient (Wildman–Crippen LogP) is 2.66. The molecule has 17 heavy (non-hydrogen) atoms. The first-order valence-electron chi connectivity index (χ1n) is 6.16. The number of Topliss-reactive ketones (excluding diaryl/α,β-unsaturated/α-hetero) is 1. The highest BCUT2D eigenvalue weighted by molar-refractivity contribution is 5.96. The topological polar surface area (TPSA) is 38.3 Å². The summed E-state index contributed by atoms with van der Waals surface area (Å²) in [5, 5.41) is 3.23. The summed E-state index contributed by atoms with van der Waals surface area (Å²) in [4.78, 5) is 11.9. The number of rotatable bonds is 7. The number of carbonyl (C=O) groups excluding carboxylic acids is 1. The van der Waals surface area contributed by atoms with E-state index in [9.17, 15) is 4.79 Å². The van der Waals surface area contributed by atoms with E-state index in [1.807, 2.05) is 45.0 Å². The first kappa shape index (κ1) is 13.7. The minimum atomic E-state index is 0.168. The number of hydrogen-bond acceptors (Lipinski definition) is 3. The number of ketones is 1. The summed E-state index contributed by atoms with van der Waals surface area (Å²) in [5.74, 6) is 0.977. The van der Waals surface area contributed by atoms with E-state index in [4.69, 9.17) is 4.74 Å². The van der Waals surface area contributed by atoms with E-state index in [1.54, 1.807) is 0 Å². The van der Waals surface area contributed by atoms with Crippen LogP contribution in [-0.2, 0) is 0 Å². The van der Waals surface area contributed by atoms with Crippen LogP contribution in [0.3, 0.4) is 0 Å². The highest BCUT2D eigenvalue weighted by Crippen LogP contribution is 2.13. The third-order valence-electron chi connectivity index (χ3n) is 2.53. The maximum Gasteiger partial charge on any atom is 0.164 e. The maximum absolute atomic E-state index is 11.9. The van der Waals surface area contributed by atoms with Gasteiger partial charge in [-0.3, -0.25) is 4.79 Å². The van der Waals surface area contributed by atoms with Crippen LogP contribution in [0.2, 0.25) is 0 Å². The van der Waals surface area contributed by atoms with Gasteiger partial charge in [-0.1, -0.05) is 6.92 Å². The molecule has 0 radical (unpaired) electrons. The largest absolute Gasteiger partial charge is 0.494 e. The highest BCUT2D eigenvalue weighted by Gasteiger charge is 2.10. The first-order chi connectivity index (χ1) is 8.17. The lowest BCUT2D eigenvalue weighted by Gasteiger charge is -2.11. The number of nitrogens with one attached hydrogen (secondary N) is 1. The van der Waals surface area contributed by atoms with Crippen molar-refractivity contribution in [3.8, 4) is 5.75 Å². The molecule has 1 aromatic carbocycles. The molecule has 1 N–H and O–H groups in total. The van der Waals surface area contributed by atoms with Gasteiger partial charge in [0.05, 0.1) is 6.61 Å². The fraction of sp³-hybridized carbons (Fsp3) is 0.500. The van der Waals surface area contributed by atoms with Gasteiger partial charge in [-0.25, -0.2) is 0 Å². The molecule has 94 valence electrons. The molecule has 0 saturated heterocycles. The molecular formula is C14H21NO2. The summed E-state index contributed by atoms with van der Waals surface area (Å²) in [5.41, 5.74) is 0.748. The Labute approximate surface area is 103 Å². The molecule has 1 rings (SSSR count). The van der Waals surface area contributed by atoms with Crippen LogP contribution in [0.5, 0.6) is 5.75 Å². The summed E-state index contributed by atoms with van der Waals surface area (Å²) < 4.78 is 5.34. The van der Waals surface area contributed by atoms with Gasteiger partial charge < -0.3 is 10.1 Å². The molecule has 0 fully saturated rings. The molecule has 0 aromatic heterocycles. The van der Waals surface area contributed by atoms with E-state index in [0.717, 1.165) is 17.9 Å². The van der Waals surface area contributed by atoms with Gasteiger partial charge in [0.1, 0.15) is 5.75 Å². The second-order valence-electron chi connectivity index (χ2n) is 4.04. The third-order valence-corrected chi connectivity index (χ3v) is 2.53. The Morgan fingerprint density at radius 1 is 1.29 bits per heavy atom. The Kier molecular flexibility index (Phi) is 5.70. The zero-order valence-corrected chi connectivity index (χ0v) is 10.8. The number of carbonyl (C=O) groups is 1. The average Bonchev–Trinajstić information content (AvgIpc) is 2.30. The standard InChI is InChI=1S/C14H21NO2/c1-4-15-11(3)10-14(16)12-6-8-13(9-7-12)17-5-2/h6-9,11,15H,4-5,10H2,1-3H3. The van der Waals surface area contributed by atoms with Gasteiger partial charge in [0.2, 0.25) is 0 Å². The maximum atomic E-state index is 11.9. The Bertz CT molecular complexity index is 346. The molecule has 3 nitrogen and oxygen atoms in total. The molecule has 3 heteroatoms. The Morgan fingerprint density at radius 2 is 1.94 bits per heavy atom. The number of ether oxygens (including phenoxy) is 1. The van der Waals surface area contributed by atoms with Gasteiger partial charge in [0.25, 0.3) is 0 Å². The van der Waals surface area contributed by atoms with Crippen LogP contribution in [0.15, 0.2) is 24.3 Å². The molecule has 0 amide bonds. The molecule has 0 spiro atoms. The predicted molar refractivity (Wildman–Crippen MR) is 69.7 cm³/mol. The lowest BCUT2D eigenvalue weighted by molar-refractivity contribution is 0.0972. The van der Waals surface area contributed by atoms with Gasteiger partial charge >= 0.3 is 0 Å². The van der Waals surface area contributed by atoms with Gasteiger partial charge in [-0.2, -0.15) is 0 Å². The fourth-order valence-corrected chi connectivity index (χ4v) is 1.72. The molecule has 1 unspecified atom stereocenters. The van der Waals surface area contributed by atoms with Crippen molar-refractivity contribution in [2.45, 2.75) is 33.2 Å². The summed E-state index contributed by atoms with van der Waals surface area (Å²) >= 11 is 0. The van der Waals surface area contributed by atoms with Crippen molar-refractivity contribution < 1.29 is 9.53 Å². The van der Waals surface area contributed by atoms with Crippen molar-refractivity contribution >= 4 is 5.78 Å². The van der Waals surface area contributed by atoms with E-state index < -0.39 is 0 Å². The van der Waals surface area contributed by atoms with Crippen molar-refractivity contribution in [3.05, 3.63) is 29.8 Å². The zero-order valence-electron chi connectivity index (χ0n) is 10.8. The van der Waals surface area contributed by atoms with Gasteiger partial charge in [0.15, 0.2) is 5.78 Å². The second-order valence-corrected chi connectivity index (χ2v) is 4.04. The van der Waals surface area contributed by atoms with Crippen LogP contribution in [0, 0.1) is 0 Å². The minimum Gasteiger partial charge on any atom is -0.494 e. The van der Waals surface area contributed by atoms with Crippen LogP contribution < -0.4 is 10.1 Å². The number of benzene rings is 1. The van der Waals surface area contributed by atoms with E-state index >= 15 is 0 Å². The lowest BCUT2D eigenvalue weighted by atomic mass is 10.0. The Balaban J connectivity index is 2.57. The van der Waals surface area contributed by atoms with E-state index in [2.05, 4.69) is 5.32 Å². The van der Waals surface area contributed by atoms with Crippen molar-refractivity contribution in [2.24, 2.45) is 0 Å². The molecule has 1 atom stereocenters. The van der Waals surface area contributed by atoms with E-state index in [-0.39, 0.29) is 11.8 Å². The molecule has 0 aliphatic heterocycles. The minimum absolute atomic E-state index is 0.168. The summed E-state index contributed by atoms with van der Waals surface area (Å²) in [7, 11) is 0. The quantitative estimate of drug-likeness (QED) is 0.738. The smallest absolute Gasteiger partial charge is 0.164 e. The van der Waals surface area contributed by atoms with Crippen molar-refractivity contribution in [3.63, 3.8) is 0 Å². The average molecular weight is 235 g/mol. The molecule has 0 aliphatic carbocycles. The summed E-state index contributed by atoms with van der Waals surface area (Å²) in [6, 6.07) is 7.56. The second kappa shape index (κ2) is 7.07. The Morgan fingerprint density at radius 3 is 2.47 bits per heavy atom. The third kappa shape index (κ3) is 4.57. The summed E-state index contributed by atoms with van der Waals surface area (Å²) in [6.07, 6.45) is 0.530. The van der Waals surface area contributed by atoms with Crippen LogP contribution in [-0.4, -0.2) is 25.0 Å². The highest BCUT2D eigenvalue weighted by atomic mass is 16.5. The molecule has 0 saturated carbocycles. The summed E-state index contributed by atoms with van der Waals surface area (Å²) in [6.45, 7) is 7.54. The van der Waals surface area contributed by atoms with Crippen molar-refractivity contribution in [1.82, 2.24) is 5.32 Å². The molecule has 0 bridgehead atoms. The fourth-order valence-electron chi connectivity index (χ4n) is 1.72. The van der Waals surface area contributed by atoms with Crippen molar-refractivity contribution in [2.75, 3.05) is 13.2 Å². The molecule has 0 heterocycles. The van der Waals surface area contributed by atoms with Gasteiger partial charge in [-0.05, 0) is 44.7 Å². The first-order valence-corrected chi connectivity index (χ1v) is 6.16. The van der Waals surface area contributed by atoms with Gasteiger partial charge in [-0.15, -0.1) is 0 Å². The van der Waals surface area contributed by atoms with Gasteiger partial charge in [0, 0.05) is 18.0 Å². The van der Waals surface area contributed by atoms with Crippen LogP contribution >= 0.6 is 0 Å². The molecule has 1 aromatic rings. The lowest BCUT2D eigenvalue weighted by Crippen LogP contribution is -2.28. The SMILES string of the molecule is CCNC(C)CC(=O)c1ccc(OCC)cc1. The van der Waals surface area contributed by atoms with Crippen LogP contribution in [0.25, 0.3) is 0 Å². The molecular weight excluding hydrogens is 214 g/mol. The number of hydrogen-bond donors (Lipinski definition) is 1. The normalized spacial score (nSPS) is 12.2. The Hall–Kier alpha value is -1.35. The van der Waals surface area contributed by atoms with Crippen LogP contribution in [0.4, 0.5) is 0 Å².